The Kier molecular flexibility index (Phi) is 6.12. The van der Waals surface area contributed by atoms with Crippen LogP contribution >= 0.6 is 11.6 Å². The number of carbonyl (C=O) groups excluding carboxylic acids is 1. The van der Waals surface area contributed by atoms with Gasteiger partial charge in [0.15, 0.2) is 0 Å². The Morgan fingerprint density at radius 2 is 1.77 bits per heavy atom. The summed E-state index contributed by atoms with van der Waals surface area (Å²) in [5.41, 5.74) is 1.93. The lowest BCUT2D eigenvalue weighted by molar-refractivity contribution is -0.126. The van der Waals surface area contributed by atoms with E-state index in [-0.39, 0.29) is 17.8 Å². The van der Waals surface area contributed by atoms with Crippen LogP contribution in [0.5, 0.6) is 0 Å². The molecule has 1 N–H and O–H groups in total. The predicted molar refractivity (Wildman–Crippen MR) is 103 cm³/mol. The van der Waals surface area contributed by atoms with E-state index < -0.39 is 0 Å². The van der Waals surface area contributed by atoms with Crippen molar-refractivity contribution >= 4 is 23.2 Å². The quantitative estimate of drug-likeness (QED) is 0.870. The number of carbonyl (C=O) groups is 1. The molecule has 0 aromatic heterocycles. The largest absolute Gasteiger partial charge is 0.368 e. The molecule has 1 fully saturated rings. The van der Waals surface area contributed by atoms with Gasteiger partial charge in [0.25, 0.3) is 0 Å². The van der Waals surface area contributed by atoms with Gasteiger partial charge < -0.3 is 10.2 Å². The number of benzene rings is 2. The molecular formula is C20H23ClFN3O. The Morgan fingerprint density at radius 1 is 1.12 bits per heavy atom. The molecule has 2 aromatic carbocycles. The number of piperazine rings is 1. The molecule has 1 heterocycles. The number of hydrogen-bond donors (Lipinski definition) is 1. The predicted octanol–water partition coefficient (Wildman–Crippen LogP) is 3.31. The molecule has 0 radical (unpaired) electrons. The number of hydrogen-bond acceptors (Lipinski definition) is 3. The Hall–Kier alpha value is -2.11. The van der Waals surface area contributed by atoms with Crippen molar-refractivity contribution in [3.63, 3.8) is 0 Å². The van der Waals surface area contributed by atoms with Crippen molar-refractivity contribution in [1.82, 2.24) is 10.2 Å². The van der Waals surface area contributed by atoms with Crippen LogP contribution in [0.2, 0.25) is 5.02 Å². The van der Waals surface area contributed by atoms with Crippen LogP contribution in [-0.4, -0.2) is 43.0 Å². The maximum atomic E-state index is 12.9. The van der Waals surface area contributed by atoms with Gasteiger partial charge in [0.05, 0.1) is 16.8 Å². The molecule has 6 heteroatoms. The third-order valence-corrected chi connectivity index (χ3v) is 5.13. The lowest BCUT2D eigenvalue weighted by Gasteiger charge is -2.38. The van der Waals surface area contributed by atoms with Crippen LogP contribution in [0.1, 0.15) is 12.5 Å². The fraction of sp³-hybridized carbons (Fsp3) is 0.350. The number of anilines is 1. The standard InChI is InChI=1S/C20H23ClFN3O/c1-15(20(26)23-14-16-6-8-17(22)9-7-16)24-10-12-25(13-11-24)19-5-3-2-4-18(19)21/h2-9,15H,10-14H2,1H3,(H,23,26)/t15-/m0/s1. The van der Waals surface area contributed by atoms with E-state index in [1.54, 1.807) is 12.1 Å². The van der Waals surface area contributed by atoms with E-state index >= 15 is 0 Å². The van der Waals surface area contributed by atoms with Gasteiger partial charge >= 0.3 is 0 Å². The molecule has 1 amide bonds. The lowest BCUT2D eigenvalue weighted by Crippen LogP contribution is -2.53. The van der Waals surface area contributed by atoms with Gasteiger partial charge in [0.2, 0.25) is 5.91 Å². The monoisotopic (exact) mass is 375 g/mol. The van der Waals surface area contributed by atoms with Crippen molar-refractivity contribution in [2.75, 3.05) is 31.1 Å². The van der Waals surface area contributed by atoms with E-state index in [9.17, 15) is 9.18 Å². The average molecular weight is 376 g/mol. The molecule has 0 bridgehead atoms. The molecule has 0 spiro atoms. The number of nitrogens with one attached hydrogen (secondary N) is 1. The van der Waals surface area contributed by atoms with Crippen molar-refractivity contribution in [1.29, 1.82) is 0 Å². The SMILES string of the molecule is C[C@@H](C(=O)NCc1ccc(F)cc1)N1CCN(c2ccccc2Cl)CC1. The fourth-order valence-corrected chi connectivity index (χ4v) is 3.42. The number of amides is 1. The molecule has 4 nitrogen and oxygen atoms in total. The zero-order valence-electron chi connectivity index (χ0n) is 14.8. The van der Waals surface area contributed by atoms with Crippen molar-refractivity contribution in [3.8, 4) is 0 Å². The summed E-state index contributed by atoms with van der Waals surface area (Å²) in [6.45, 7) is 5.60. The van der Waals surface area contributed by atoms with Gasteiger partial charge in [-0.25, -0.2) is 4.39 Å². The van der Waals surface area contributed by atoms with Crippen molar-refractivity contribution < 1.29 is 9.18 Å². The first kappa shape index (κ1) is 18.7. The topological polar surface area (TPSA) is 35.6 Å². The summed E-state index contributed by atoms with van der Waals surface area (Å²) >= 11 is 6.27. The third-order valence-electron chi connectivity index (χ3n) is 4.81. The van der Waals surface area contributed by atoms with Gasteiger partial charge in [-0.1, -0.05) is 35.9 Å². The minimum absolute atomic E-state index is 0.0134. The smallest absolute Gasteiger partial charge is 0.237 e. The van der Waals surface area contributed by atoms with E-state index in [2.05, 4.69) is 15.1 Å². The first-order chi connectivity index (χ1) is 12.5. The molecule has 0 aliphatic carbocycles. The summed E-state index contributed by atoms with van der Waals surface area (Å²) in [6.07, 6.45) is 0. The second-order valence-corrected chi connectivity index (χ2v) is 6.90. The molecule has 1 aliphatic rings. The van der Waals surface area contributed by atoms with Gasteiger partial charge in [-0.15, -0.1) is 0 Å². The molecule has 0 unspecified atom stereocenters. The maximum Gasteiger partial charge on any atom is 0.237 e. The molecule has 0 saturated carbocycles. The Morgan fingerprint density at radius 3 is 2.42 bits per heavy atom. The highest BCUT2D eigenvalue weighted by Gasteiger charge is 2.26. The summed E-state index contributed by atoms with van der Waals surface area (Å²) in [5.74, 6) is -0.287. The van der Waals surface area contributed by atoms with E-state index in [0.29, 0.717) is 6.54 Å². The molecule has 3 rings (SSSR count). The number of nitrogens with zero attached hydrogens (tertiary/aromatic N) is 2. The number of para-hydroxylation sites is 1. The normalized spacial score (nSPS) is 16.3. The number of halogens is 2. The summed E-state index contributed by atoms with van der Waals surface area (Å²) in [5, 5.41) is 3.69. The van der Waals surface area contributed by atoms with Crippen LogP contribution in [-0.2, 0) is 11.3 Å². The van der Waals surface area contributed by atoms with Crippen molar-refractivity contribution in [3.05, 3.63) is 64.9 Å². The van der Waals surface area contributed by atoms with Gasteiger partial charge in [0, 0.05) is 32.7 Å². The van der Waals surface area contributed by atoms with Gasteiger partial charge in [-0.2, -0.15) is 0 Å². The van der Waals surface area contributed by atoms with E-state index in [4.69, 9.17) is 11.6 Å². The first-order valence-corrected chi connectivity index (χ1v) is 9.18. The maximum absolute atomic E-state index is 12.9. The molecule has 26 heavy (non-hydrogen) atoms. The van der Waals surface area contributed by atoms with Crippen molar-refractivity contribution in [2.45, 2.75) is 19.5 Å². The zero-order valence-corrected chi connectivity index (χ0v) is 15.5. The highest BCUT2D eigenvalue weighted by molar-refractivity contribution is 6.33. The van der Waals surface area contributed by atoms with E-state index in [0.717, 1.165) is 42.5 Å². The van der Waals surface area contributed by atoms with E-state index in [1.165, 1.54) is 12.1 Å². The summed E-state index contributed by atoms with van der Waals surface area (Å²) in [6, 6.07) is 13.8. The Balaban J connectivity index is 1.49. The summed E-state index contributed by atoms with van der Waals surface area (Å²) in [7, 11) is 0. The lowest BCUT2D eigenvalue weighted by atomic mass is 10.2. The van der Waals surface area contributed by atoms with Gasteiger partial charge in [-0.3, -0.25) is 9.69 Å². The molecule has 1 atom stereocenters. The molecule has 1 saturated heterocycles. The molecule has 1 aliphatic heterocycles. The van der Waals surface area contributed by atoms with Gasteiger partial charge in [-0.05, 0) is 36.8 Å². The van der Waals surface area contributed by atoms with Crippen molar-refractivity contribution in [2.24, 2.45) is 0 Å². The zero-order chi connectivity index (χ0) is 18.5. The minimum Gasteiger partial charge on any atom is -0.368 e. The van der Waals surface area contributed by atoms with Crippen LogP contribution in [0.15, 0.2) is 48.5 Å². The second-order valence-electron chi connectivity index (χ2n) is 6.49. The molecule has 2 aromatic rings. The first-order valence-electron chi connectivity index (χ1n) is 8.80. The van der Waals surface area contributed by atoms with Crippen LogP contribution in [0.4, 0.5) is 10.1 Å². The molecule has 138 valence electrons. The Bertz CT molecular complexity index is 745. The fourth-order valence-electron chi connectivity index (χ4n) is 3.16. The Labute approximate surface area is 158 Å². The summed E-state index contributed by atoms with van der Waals surface area (Å²) < 4.78 is 12.9. The third kappa shape index (κ3) is 4.54. The van der Waals surface area contributed by atoms with Crippen LogP contribution < -0.4 is 10.2 Å². The highest BCUT2D eigenvalue weighted by atomic mass is 35.5. The summed E-state index contributed by atoms with van der Waals surface area (Å²) in [4.78, 5) is 16.9. The van der Waals surface area contributed by atoms with Crippen LogP contribution in [0.3, 0.4) is 0 Å². The van der Waals surface area contributed by atoms with Crippen LogP contribution in [0.25, 0.3) is 0 Å². The number of rotatable bonds is 5. The second kappa shape index (κ2) is 8.52. The highest BCUT2D eigenvalue weighted by Crippen LogP contribution is 2.26. The average Bonchev–Trinajstić information content (AvgIpc) is 2.67. The minimum atomic E-state index is -0.273. The molecular weight excluding hydrogens is 353 g/mol. The van der Waals surface area contributed by atoms with Gasteiger partial charge in [0.1, 0.15) is 5.82 Å². The van der Waals surface area contributed by atoms with Crippen LogP contribution in [0, 0.1) is 5.82 Å². The van der Waals surface area contributed by atoms with E-state index in [1.807, 2.05) is 31.2 Å².